The van der Waals surface area contributed by atoms with Gasteiger partial charge in [0.25, 0.3) is 0 Å². The molecule has 1 fully saturated rings. The summed E-state index contributed by atoms with van der Waals surface area (Å²) in [6, 6.07) is -0.366. The standard InChI is InChI=1S/C13H26N2O2/c1-10(2)12(14)13(16)15(3)7-4-11-5-8-17-9-6-11/h10-12H,4-9,14H2,1-3H3/t12-/m0/s1. The molecule has 1 amide bonds. The van der Waals surface area contributed by atoms with Gasteiger partial charge < -0.3 is 15.4 Å². The molecule has 0 aliphatic carbocycles. The van der Waals surface area contributed by atoms with E-state index in [-0.39, 0.29) is 17.9 Å². The van der Waals surface area contributed by atoms with Gasteiger partial charge in [0.2, 0.25) is 5.91 Å². The van der Waals surface area contributed by atoms with E-state index in [1.165, 1.54) is 0 Å². The van der Waals surface area contributed by atoms with Crippen molar-refractivity contribution in [1.82, 2.24) is 4.90 Å². The third kappa shape index (κ3) is 4.64. The molecule has 1 rings (SSSR count). The van der Waals surface area contributed by atoms with Crippen molar-refractivity contribution in [2.45, 2.75) is 39.2 Å². The average Bonchev–Trinajstić information content (AvgIpc) is 2.35. The van der Waals surface area contributed by atoms with Crippen LogP contribution >= 0.6 is 0 Å². The molecule has 0 saturated carbocycles. The number of hydrogen-bond donors (Lipinski definition) is 1. The van der Waals surface area contributed by atoms with Crippen molar-refractivity contribution in [3.05, 3.63) is 0 Å². The second-order valence-corrected chi connectivity index (χ2v) is 5.37. The van der Waals surface area contributed by atoms with Gasteiger partial charge in [0, 0.05) is 26.8 Å². The van der Waals surface area contributed by atoms with Gasteiger partial charge in [-0.1, -0.05) is 13.8 Å². The Morgan fingerprint density at radius 1 is 1.41 bits per heavy atom. The van der Waals surface area contributed by atoms with Crippen LogP contribution in [0.5, 0.6) is 0 Å². The number of nitrogens with zero attached hydrogens (tertiary/aromatic N) is 1. The van der Waals surface area contributed by atoms with E-state index in [1.807, 2.05) is 20.9 Å². The second-order valence-electron chi connectivity index (χ2n) is 5.37. The molecule has 0 aromatic carbocycles. The molecule has 2 N–H and O–H groups in total. The van der Waals surface area contributed by atoms with Gasteiger partial charge in [0.1, 0.15) is 0 Å². The van der Waals surface area contributed by atoms with Crippen LogP contribution < -0.4 is 5.73 Å². The fourth-order valence-corrected chi connectivity index (χ4v) is 2.06. The fourth-order valence-electron chi connectivity index (χ4n) is 2.06. The minimum atomic E-state index is -0.366. The van der Waals surface area contributed by atoms with Crippen molar-refractivity contribution >= 4 is 5.91 Å². The van der Waals surface area contributed by atoms with E-state index < -0.39 is 0 Å². The minimum absolute atomic E-state index is 0.0621. The third-order valence-electron chi connectivity index (χ3n) is 3.59. The molecule has 17 heavy (non-hydrogen) atoms. The van der Waals surface area contributed by atoms with Gasteiger partial charge in [0.05, 0.1) is 6.04 Å². The fraction of sp³-hybridized carbons (Fsp3) is 0.923. The zero-order chi connectivity index (χ0) is 12.8. The average molecular weight is 242 g/mol. The number of carbonyl (C=O) groups is 1. The topological polar surface area (TPSA) is 55.6 Å². The summed E-state index contributed by atoms with van der Waals surface area (Å²) in [6.45, 7) is 6.51. The highest BCUT2D eigenvalue weighted by molar-refractivity contribution is 5.81. The minimum Gasteiger partial charge on any atom is -0.381 e. The summed E-state index contributed by atoms with van der Waals surface area (Å²) in [4.78, 5) is 13.7. The van der Waals surface area contributed by atoms with Crippen LogP contribution in [0.2, 0.25) is 0 Å². The number of likely N-dealkylation sites (N-methyl/N-ethyl adjacent to an activating group) is 1. The van der Waals surface area contributed by atoms with Crippen molar-refractivity contribution < 1.29 is 9.53 Å². The smallest absolute Gasteiger partial charge is 0.239 e. The van der Waals surface area contributed by atoms with Crippen LogP contribution in [0.1, 0.15) is 33.1 Å². The molecule has 100 valence electrons. The predicted molar refractivity (Wildman–Crippen MR) is 68.6 cm³/mol. The Bertz CT molecular complexity index is 238. The van der Waals surface area contributed by atoms with E-state index in [0.717, 1.165) is 39.0 Å². The molecule has 4 nitrogen and oxygen atoms in total. The largest absolute Gasteiger partial charge is 0.381 e. The first-order valence-corrected chi connectivity index (χ1v) is 6.60. The van der Waals surface area contributed by atoms with Crippen LogP contribution in [0.15, 0.2) is 0 Å². The first kappa shape index (κ1) is 14.5. The lowest BCUT2D eigenvalue weighted by molar-refractivity contribution is -0.132. The molecule has 0 unspecified atom stereocenters. The van der Waals surface area contributed by atoms with E-state index in [1.54, 1.807) is 4.90 Å². The summed E-state index contributed by atoms with van der Waals surface area (Å²) in [5.74, 6) is 0.967. The highest BCUT2D eigenvalue weighted by Crippen LogP contribution is 2.18. The van der Waals surface area contributed by atoms with Gasteiger partial charge >= 0.3 is 0 Å². The Kier molecular flexibility index (Phi) is 5.92. The zero-order valence-electron chi connectivity index (χ0n) is 11.3. The van der Waals surface area contributed by atoms with Gasteiger partial charge in [-0.2, -0.15) is 0 Å². The van der Waals surface area contributed by atoms with Crippen molar-refractivity contribution in [3.8, 4) is 0 Å². The number of amides is 1. The summed E-state index contributed by atoms with van der Waals surface area (Å²) in [6.07, 6.45) is 3.31. The molecule has 1 heterocycles. The van der Waals surface area contributed by atoms with Crippen molar-refractivity contribution in [3.63, 3.8) is 0 Å². The molecule has 1 atom stereocenters. The molecule has 1 aliphatic rings. The maximum Gasteiger partial charge on any atom is 0.239 e. The molecule has 1 saturated heterocycles. The number of rotatable bonds is 5. The lowest BCUT2D eigenvalue weighted by atomic mass is 9.96. The normalized spacial score (nSPS) is 19.4. The summed E-state index contributed by atoms with van der Waals surface area (Å²) in [5, 5.41) is 0. The maximum absolute atomic E-state index is 11.9. The molecule has 0 radical (unpaired) electrons. The van der Waals surface area contributed by atoms with Crippen molar-refractivity contribution in [2.24, 2.45) is 17.6 Å². The molecule has 0 aromatic heterocycles. The van der Waals surface area contributed by atoms with E-state index in [9.17, 15) is 4.79 Å². The van der Waals surface area contributed by atoms with E-state index >= 15 is 0 Å². The van der Waals surface area contributed by atoms with Gasteiger partial charge in [-0.3, -0.25) is 4.79 Å². The molecule has 1 aliphatic heterocycles. The maximum atomic E-state index is 11.9. The summed E-state index contributed by atoms with van der Waals surface area (Å²) in [5.41, 5.74) is 5.86. The summed E-state index contributed by atoms with van der Waals surface area (Å²) < 4.78 is 5.32. The first-order chi connectivity index (χ1) is 8.02. The van der Waals surface area contributed by atoms with E-state index in [4.69, 9.17) is 10.5 Å². The SMILES string of the molecule is CC(C)[C@H](N)C(=O)N(C)CCC1CCOCC1. The molecule has 0 spiro atoms. The lowest BCUT2D eigenvalue weighted by Crippen LogP contribution is -2.45. The van der Waals surface area contributed by atoms with Gasteiger partial charge in [0.15, 0.2) is 0 Å². The number of hydrogen-bond acceptors (Lipinski definition) is 3. The number of ether oxygens (including phenoxy) is 1. The highest BCUT2D eigenvalue weighted by atomic mass is 16.5. The highest BCUT2D eigenvalue weighted by Gasteiger charge is 2.22. The van der Waals surface area contributed by atoms with Crippen molar-refractivity contribution in [1.29, 1.82) is 0 Å². The number of nitrogens with two attached hydrogens (primary N) is 1. The number of carbonyl (C=O) groups excluding carboxylic acids is 1. The molecular formula is C13H26N2O2. The Balaban J connectivity index is 2.28. The van der Waals surface area contributed by atoms with Gasteiger partial charge in [-0.05, 0) is 31.1 Å². The van der Waals surface area contributed by atoms with Crippen LogP contribution in [-0.2, 0) is 9.53 Å². The Hall–Kier alpha value is -0.610. The van der Waals surface area contributed by atoms with Crippen LogP contribution in [0.3, 0.4) is 0 Å². The Morgan fingerprint density at radius 2 is 2.00 bits per heavy atom. The summed E-state index contributed by atoms with van der Waals surface area (Å²) in [7, 11) is 1.85. The van der Waals surface area contributed by atoms with Crippen LogP contribution in [0.25, 0.3) is 0 Å². The molecular weight excluding hydrogens is 216 g/mol. The first-order valence-electron chi connectivity index (χ1n) is 6.60. The van der Waals surface area contributed by atoms with Gasteiger partial charge in [-0.15, -0.1) is 0 Å². The monoisotopic (exact) mass is 242 g/mol. The van der Waals surface area contributed by atoms with Crippen molar-refractivity contribution in [2.75, 3.05) is 26.8 Å². The molecule has 0 aromatic rings. The van der Waals surface area contributed by atoms with Crippen LogP contribution in [-0.4, -0.2) is 43.7 Å². The Morgan fingerprint density at radius 3 is 2.53 bits per heavy atom. The molecule has 4 heteroatoms. The quantitative estimate of drug-likeness (QED) is 0.789. The zero-order valence-corrected chi connectivity index (χ0v) is 11.3. The predicted octanol–water partition coefficient (Wildman–Crippen LogP) is 1.24. The lowest BCUT2D eigenvalue weighted by Gasteiger charge is -2.27. The van der Waals surface area contributed by atoms with E-state index in [0.29, 0.717) is 5.92 Å². The van der Waals surface area contributed by atoms with Gasteiger partial charge in [-0.25, -0.2) is 0 Å². The third-order valence-corrected chi connectivity index (χ3v) is 3.59. The van der Waals surface area contributed by atoms with Crippen LogP contribution in [0.4, 0.5) is 0 Å². The summed E-state index contributed by atoms with van der Waals surface area (Å²) >= 11 is 0. The van der Waals surface area contributed by atoms with E-state index in [2.05, 4.69) is 0 Å². The second kappa shape index (κ2) is 6.97. The molecule has 0 bridgehead atoms. The Labute approximate surface area is 104 Å². The van der Waals surface area contributed by atoms with Crippen LogP contribution in [0, 0.1) is 11.8 Å².